The van der Waals surface area contributed by atoms with Crippen molar-refractivity contribution in [1.29, 1.82) is 0 Å². The molecule has 3 rings (SSSR count). The molecule has 2 aromatic carbocycles. The van der Waals surface area contributed by atoms with Gasteiger partial charge in [-0.25, -0.2) is 4.39 Å². The lowest BCUT2D eigenvalue weighted by Crippen LogP contribution is -2.45. The lowest BCUT2D eigenvalue weighted by Gasteiger charge is -2.43. The molecule has 1 heterocycles. The highest BCUT2D eigenvalue weighted by Gasteiger charge is 2.31. The fourth-order valence-electron chi connectivity index (χ4n) is 3.70. The third kappa shape index (κ3) is 3.57. The Morgan fingerprint density at radius 1 is 1.15 bits per heavy atom. The molecule has 1 aliphatic heterocycles. The van der Waals surface area contributed by atoms with Crippen LogP contribution in [0.5, 0.6) is 0 Å². The van der Waals surface area contributed by atoms with Gasteiger partial charge >= 0.3 is 0 Å². The first-order valence-corrected chi connectivity index (χ1v) is 9.23. The average molecular weight is 350 g/mol. The normalized spacial score (nSPS) is 15.9. The van der Waals surface area contributed by atoms with Crippen LogP contribution >= 0.6 is 0 Å². The summed E-state index contributed by atoms with van der Waals surface area (Å²) in [5.41, 5.74) is 5.63. The molecule has 136 valence electrons. The summed E-state index contributed by atoms with van der Waals surface area (Å²) in [6, 6.07) is 11.5. The number of hydrogen-bond acceptors (Lipinski definition) is 2. The Hall–Kier alpha value is -2.42. The van der Waals surface area contributed by atoms with Crippen molar-refractivity contribution < 1.29 is 4.39 Å². The fraction of sp³-hybridized carbons (Fsp3) is 0.348. The van der Waals surface area contributed by atoms with Crippen molar-refractivity contribution in [2.24, 2.45) is 4.99 Å². The van der Waals surface area contributed by atoms with E-state index >= 15 is 0 Å². The first-order chi connectivity index (χ1) is 12.3. The van der Waals surface area contributed by atoms with Gasteiger partial charge < -0.3 is 4.90 Å². The second kappa shape index (κ2) is 7.06. The molecule has 0 saturated heterocycles. The molecule has 0 saturated carbocycles. The van der Waals surface area contributed by atoms with Crippen molar-refractivity contribution in [2.45, 2.75) is 46.6 Å². The van der Waals surface area contributed by atoms with Crippen molar-refractivity contribution in [2.75, 3.05) is 11.4 Å². The van der Waals surface area contributed by atoms with E-state index in [4.69, 9.17) is 0 Å². The Morgan fingerprint density at radius 3 is 2.62 bits per heavy atom. The van der Waals surface area contributed by atoms with Crippen molar-refractivity contribution in [1.82, 2.24) is 0 Å². The Balaban J connectivity index is 2.03. The third-order valence-corrected chi connectivity index (χ3v) is 4.90. The van der Waals surface area contributed by atoms with Crippen molar-refractivity contribution >= 4 is 23.2 Å². The van der Waals surface area contributed by atoms with Gasteiger partial charge in [-0.15, -0.1) is 0 Å². The Labute approximate surface area is 156 Å². The zero-order valence-corrected chi connectivity index (χ0v) is 16.3. The predicted molar refractivity (Wildman–Crippen MR) is 110 cm³/mol. The maximum absolute atomic E-state index is 14.8. The van der Waals surface area contributed by atoms with E-state index in [0.29, 0.717) is 5.56 Å². The number of rotatable bonds is 4. The van der Waals surface area contributed by atoms with Gasteiger partial charge in [0.25, 0.3) is 0 Å². The van der Waals surface area contributed by atoms with Gasteiger partial charge in [0.05, 0.1) is 11.2 Å². The van der Waals surface area contributed by atoms with Gasteiger partial charge in [0, 0.05) is 29.6 Å². The lowest BCUT2D eigenvalue weighted by atomic mass is 9.87. The lowest BCUT2D eigenvalue weighted by molar-refractivity contribution is 0.546. The highest BCUT2D eigenvalue weighted by molar-refractivity contribution is 5.89. The van der Waals surface area contributed by atoms with Gasteiger partial charge in [-0.2, -0.15) is 0 Å². The summed E-state index contributed by atoms with van der Waals surface area (Å²) in [4.78, 5) is 6.75. The van der Waals surface area contributed by atoms with Crippen LogP contribution in [0.1, 0.15) is 50.8 Å². The monoisotopic (exact) mass is 350 g/mol. The number of halogens is 1. The molecule has 0 atom stereocenters. The summed E-state index contributed by atoms with van der Waals surface area (Å²) < 4.78 is 14.8. The Bertz CT molecular complexity index is 878. The SMILES string of the molecule is CCCN1c2cc(F)c(C=Nc3cccc(C)c3)cc2C(C)=CC1(C)C. The first kappa shape index (κ1) is 18.4. The van der Waals surface area contributed by atoms with Crippen LogP contribution < -0.4 is 4.90 Å². The van der Waals surface area contributed by atoms with E-state index in [1.165, 1.54) is 5.57 Å². The minimum absolute atomic E-state index is 0.114. The van der Waals surface area contributed by atoms with Gasteiger partial charge in [-0.05, 0) is 69.5 Å². The second-order valence-electron chi connectivity index (χ2n) is 7.62. The van der Waals surface area contributed by atoms with Gasteiger partial charge in [-0.3, -0.25) is 4.99 Å². The molecule has 2 nitrogen and oxygen atoms in total. The first-order valence-electron chi connectivity index (χ1n) is 9.23. The molecular weight excluding hydrogens is 323 g/mol. The zero-order chi connectivity index (χ0) is 18.9. The van der Waals surface area contributed by atoms with Gasteiger partial charge in [0.1, 0.15) is 5.82 Å². The third-order valence-electron chi connectivity index (χ3n) is 4.90. The molecule has 1 aliphatic rings. The van der Waals surface area contributed by atoms with Crippen LogP contribution in [0.4, 0.5) is 15.8 Å². The molecule has 0 amide bonds. The summed E-state index contributed by atoms with van der Waals surface area (Å²) in [6.45, 7) is 11.5. The molecule has 0 bridgehead atoms. The highest BCUT2D eigenvalue weighted by atomic mass is 19.1. The van der Waals surface area contributed by atoms with Crippen LogP contribution in [-0.4, -0.2) is 18.3 Å². The van der Waals surface area contributed by atoms with Crippen LogP contribution in [0, 0.1) is 12.7 Å². The molecule has 0 aromatic heterocycles. The minimum atomic E-state index is -0.230. The van der Waals surface area contributed by atoms with E-state index in [9.17, 15) is 4.39 Å². The standard InChI is InChI=1S/C23H27FN2/c1-6-10-26-22-13-21(24)18(12-20(22)17(3)14-23(26,4)5)15-25-19-9-7-8-16(2)11-19/h7-9,11-15H,6,10H2,1-5H3. The van der Waals surface area contributed by atoms with Crippen LogP contribution in [0.15, 0.2) is 47.5 Å². The molecular formula is C23H27FN2. The number of nitrogens with zero attached hydrogens (tertiary/aromatic N) is 2. The summed E-state index contributed by atoms with van der Waals surface area (Å²) in [6.07, 6.45) is 4.92. The molecule has 0 unspecified atom stereocenters. The van der Waals surface area contributed by atoms with Crippen LogP contribution in [0.25, 0.3) is 5.57 Å². The van der Waals surface area contributed by atoms with Crippen molar-refractivity contribution in [3.8, 4) is 0 Å². The van der Waals surface area contributed by atoms with Gasteiger partial charge in [-0.1, -0.05) is 25.1 Å². The smallest absolute Gasteiger partial charge is 0.134 e. The summed E-state index contributed by atoms with van der Waals surface area (Å²) >= 11 is 0. The summed E-state index contributed by atoms with van der Waals surface area (Å²) in [5, 5.41) is 0. The van der Waals surface area contributed by atoms with E-state index in [1.807, 2.05) is 37.3 Å². The molecule has 0 fully saturated rings. The van der Waals surface area contributed by atoms with E-state index in [1.54, 1.807) is 12.3 Å². The number of anilines is 1. The molecule has 0 spiro atoms. The van der Waals surface area contributed by atoms with E-state index in [-0.39, 0.29) is 11.4 Å². The Morgan fingerprint density at radius 2 is 1.92 bits per heavy atom. The molecule has 0 N–H and O–H groups in total. The largest absolute Gasteiger partial charge is 0.362 e. The zero-order valence-electron chi connectivity index (χ0n) is 16.3. The van der Waals surface area contributed by atoms with E-state index < -0.39 is 0 Å². The fourth-order valence-corrected chi connectivity index (χ4v) is 3.70. The number of aliphatic imine (C=N–C) groups is 1. The van der Waals surface area contributed by atoms with Gasteiger partial charge in [0.15, 0.2) is 0 Å². The number of hydrogen-bond donors (Lipinski definition) is 0. The molecule has 3 heteroatoms. The maximum atomic E-state index is 14.8. The average Bonchev–Trinajstić information content (AvgIpc) is 2.57. The number of fused-ring (bicyclic) bond motifs is 1. The van der Waals surface area contributed by atoms with Crippen LogP contribution in [0.3, 0.4) is 0 Å². The quantitative estimate of drug-likeness (QED) is 0.591. The van der Waals surface area contributed by atoms with Crippen molar-refractivity contribution in [3.63, 3.8) is 0 Å². The Kier molecular flexibility index (Phi) is 4.99. The topological polar surface area (TPSA) is 15.6 Å². The number of aryl methyl sites for hydroxylation is 1. The number of benzene rings is 2. The number of allylic oxidation sites excluding steroid dienone is 1. The molecule has 0 radical (unpaired) electrons. The molecule has 26 heavy (non-hydrogen) atoms. The summed E-state index contributed by atoms with van der Waals surface area (Å²) in [5.74, 6) is -0.230. The summed E-state index contributed by atoms with van der Waals surface area (Å²) in [7, 11) is 0. The highest BCUT2D eigenvalue weighted by Crippen LogP contribution is 2.40. The molecule has 2 aromatic rings. The maximum Gasteiger partial charge on any atom is 0.134 e. The van der Waals surface area contributed by atoms with E-state index in [2.05, 4.69) is 43.7 Å². The van der Waals surface area contributed by atoms with Crippen molar-refractivity contribution in [3.05, 3.63) is 65.0 Å². The van der Waals surface area contributed by atoms with Crippen LogP contribution in [0.2, 0.25) is 0 Å². The predicted octanol–water partition coefficient (Wildman–Crippen LogP) is 6.30. The minimum Gasteiger partial charge on any atom is -0.362 e. The second-order valence-corrected chi connectivity index (χ2v) is 7.62. The van der Waals surface area contributed by atoms with Gasteiger partial charge in [0.2, 0.25) is 0 Å². The van der Waals surface area contributed by atoms with Crippen LogP contribution in [-0.2, 0) is 0 Å². The molecule has 0 aliphatic carbocycles. The van der Waals surface area contributed by atoms with E-state index in [0.717, 1.165) is 35.5 Å².